The van der Waals surface area contributed by atoms with Crippen LogP contribution in [0.15, 0.2) is 12.1 Å². The molecule has 0 spiro atoms. The van der Waals surface area contributed by atoms with Crippen LogP contribution in [0.1, 0.15) is 17.3 Å². The molecule has 0 unspecified atom stereocenters. The molecule has 0 saturated heterocycles. The van der Waals surface area contributed by atoms with Gasteiger partial charge in [-0.3, -0.25) is 4.79 Å². The van der Waals surface area contributed by atoms with E-state index in [1.807, 2.05) is 0 Å². The Balaban J connectivity index is 3.37. The van der Waals surface area contributed by atoms with E-state index in [1.165, 1.54) is 19.1 Å². The van der Waals surface area contributed by atoms with E-state index in [2.05, 4.69) is 0 Å². The number of ketones is 1. The fourth-order valence-corrected chi connectivity index (χ4v) is 0.909. The van der Waals surface area contributed by atoms with Crippen LogP contribution in [0.3, 0.4) is 0 Å². The smallest absolute Gasteiger partial charge is 0.163 e. The average Bonchev–Trinajstić information content (AvgIpc) is 1.96. The van der Waals surface area contributed by atoms with Crippen molar-refractivity contribution in [3.8, 4) is 11.5 Å². The zero-order valence-corrected chi connectivity index (χ0v) is 6.53. The molecule has 12 heavy (non-hydrogen) atoms. The maximum absolute atomic E-state index is 10.8. The second-order valence-corrected chi connectivity index (χ2v) is 2.49. The van der Waals surface area contributed by atoms with E-state index >= 15 is 0 Å². The topological polar surface area (TPSA) is 83.5 Å². The lowest BCUT2D eigenvalue weighted by molar-refractivity contribution is 0.101. The molecule has 0 amide bonds. The summed E-state index contributed by atoms with van der Waals surface area (Å²) in [6.45, 7) is 1.29. The molecule has 0 atom stereocenters. The van der Waals surface area contributed by atoms with E-state index in [-0.39, 0.29) is 28.5 Å². The van der Waals surface area contributed by atoms with Gasteiger partial charge in [-0.25, -0.2) is 0 Å². The molecule has 0 aromatic heterocycles. The lowest BCUT2D eigenvalue weighted by Gasteiger charge is -2.04. The molecule has 0 fully saturated rings. The van der Waals surface area contributed by atoms with Crippen LogP contribution in [0.4, 0.5) is 5.69 Å². The number of anilines is 1. The van der Waals surface area contributed by atoms with Gasteiger partial charge < -0.3 is 15.9 Å². The predicted octanol–water partition coefficient (Wildman–Crippen LogP) is 0.883. The quantitative estimate of drug-likeness (QED) is 0.251. The summed E-state index contributed by atoms with van der Waals surface area (Å²) in [6.07, 6.45) is 0. The molecule has 0 bridgehead atoms. The number of hydrogen-bond donors (Lipinski definition) is 3. The Morgan fingerprint density at radius 1 is 1.42 bits per heavy atom. The standard InChI is InChI=1S/C8H9NO3/c1-4(10)6-2-5(11)3-7(9)8(6)12/h2-3,11-12H,9H2,1H3. The van der Waals surface area contributed by atoms with Gasteiger partial charge in [0.25, 0.3) is 0 Å². The fourth-order valence-electron chi connectivity index (χ4n) is 0.909. The van der Waals surface area contributed by atoms with Gasteiger partial charge >= 0.3 is 0 Å². The molecule has 4 nitrogen and oxygen atoms in total. The van der Waals surface area contributed by atoms with E-state index in [9.17, 15) is 9.90 Å². The third-order valence-corrected chi connectivity index (χ3v) is 1.50. The van der Waals surface area contributed by atoms with Crippen LogP contribution in [0.2, 0.25) is 0 Å². The SMILES string of the molecule is CC(=O)c1cc(O)cc(N)c1O. The molecule has 0 heterocycles. The number of nitrogen functional groups attached to an aromatic ring is 1. The van der Waals surface area contributed by atoms with Crippen molar-refractivity contribution < 1.29 is 15.0 Å². The first-order chi connectivity index (χ1) is 5.52. The lowest BCUT2D eigenvalue weighted by Crippen LogP contribution is -1.96. The largest absolute Gasteiger partial charge is 0.508 e. The zero-order valence-electron chi connectivity index (χ0n) is 6.53. The number of nitrogens with two attached hydrogens (primary N) is 1. The number of phenolic OH excluding ortho intramolecular Hbond substituents is 2. The van der Waals surface area contributed by atoms with Gasteiger partial charge in [0.2, 0.25) is 0 Å². The minimum Gasteiger partial charge on any atom is -0.508 e. The van der Waals surface area contributed by atoms with Crippen molar-refractivity contribution in [2.24, 2.45) is 0 Å². The van der Waals surface area contributed by atoms with Crippen LogP contribution in [-0.2, 0) is 0 Å². The van der Waals surface area contributed by atoms with E-state index < -0.39 is 0 Å². The Labute approximate surface area is 69.3 Å². The Hall–Kier alpha value is -1.71. The van der Waals surface area contributed by atoms with Crippen LogP contribution < -0.4 is 5.73 Å². The minimum absolute atomic E-state index is 0.000185. The van der Waals surface area contributed by atoms with Crippen LogP contribution in [0, 0.1) is 0 Å². The van der Waals surface area contributed by atoms with Crippen molar-refractivity contribution in [3.05, 3.63) is 17.7 Å². The molecule has 4 N–H and O–H groups in total. The number of benzene rings is 1. The first-order valence-electron chi connectivity index (χ1n) is 3.34. The number of hydrogen-bond acceptors (Lipinski definition) is 4. The molecule has 0 saturated carbocycles. The molecule has 64 valence electrons. The summed E-state index contributed by atoms with van der Waals surface area (Å²) < 4.78 is 0. The molecule has 0 radical (unpaired) electrons. The van der Waals surface area contributed by atoms with Gasteiger partial charge in [0.05, 0.1) is 11.3 Å². The summed E-state index contributed by atoms with van der Waals surface area (Å²) in [6, 6.07) is 2.36. The number of carbonyl (C=O) groups is 1. The Bertz CT molecular complexity index is 333. The molecule has 1 rings (SSSR count). The van der Waals surface area contributed by atoms with E-state index in [0.29, 0.717) is 0 Å². The number of aromatic hydroxyl groups is 2. The van der Waals surface area contributed by atoms with Gasteiger partial charge in [0.15, 0.2) is 5.78 Å². The summed E-state index contributed by atoms with van der Waals surface area (Å²) in [4.78, 5) is 10.8. The number of carbonyl (C=O) groups excluding carboxylic acids is 1. The second-order valence-electron chi connectivity index (χ2n) is 2.49. The molecular weight excluding hydrogens is 158 g/mol. The van der Waals surface area contributed by atoms with Gasteiger partial charge in [-0.15, -0.1) is 0 Å². The van der Waals surface area contributed by atoms with Crippen molar-refractivity contribution in [1.82, 2.24) is 0 Å². The van der Waals surface area contributed by atoms with Gasteiger partial charge in [-0.1, -0.05) is 0 Å². The highest BCUT2D eigenvalue weighted by Gasteiger charge is 2.10. The Morgan fingerprint density at radius 3 is 2.50 bits per heavy atom. The second kappa shape index (κ2) is 2.73. The number of Topliss-reactive ketones (excluding diaryl/α,β-unsaturated/α-hetero) is 1. The van der Waals surface area contributed by atoms with Gasteiger partial charge in [-0.2, -0.15) is 0 Å². The molecule has 0 aliphatic rings. The molecular formula is C8H9NO3. The highest BCUT2D eigenvalue weighted by molar-refractivity contribution is 5.98. The minimum atomic E-state index is -0.338. The number of phenols is 2. The number of rotatable bonds is 1. The predicted molar refractivity (Wildman–Crippen MR) is 44.2 cm³/mol. The summed E-state index contributed by atoms with van der Waals surface area (Å²) >= 11 is 0. The van der Waals surface area contributed by atoms with Gasteiger partial charge in [-0.05, 0) is 13.0 Å². The molecule has 0 aliphatic carbocycles. The third kappa shape index (κ3) is 1.32. The fraction of sp³-hybridized carbons (Fsp3) is 0.125. The highest BCUT2D eigenvalue weighted by Crippen LogP contribution is 2.29. The molecule has 0 aliphatic heterocycles. The summed E-state index contributed by atoms with van der Waals surface area (Å²) in [5.41, 5.74) is 5.33. The van der Waals surface area contributed by atoms with Gasteiger partial charge in [0.1, 0.15) is 11.5 Å². The normalized spacial score (nSPS) is 9.75. The maximum Gasteiger partial charge on any atom is 0.163 e. The van der Waals surface area contributed by atoms with Crippen molar-refractivity contribution in [3.63, 3.8) is 0 Å². The first-order valence-corrected chi connectivity index (χ1v) is 3.34. The van der Waals surface area contributed by atoms with Crippen LogP contribution in [0.5, 0.6) is 11.5 Å². The zero-order chi connectivity index (χ0) is 9.30. The van der Waals surface area contributed by atoms with Crippen LogP contribution in [0.25, 0.3) is 0 Å². The van der Waals surface area contributed by atoms with Crippen molar-refractivity contribution in [2.45, 2.75) is 6.92 Å². The van der Waals surface area contributed by atoms with Crippen LogP contribution >= 0.6 is 0 Å². The average molecular weight is 167 g/mol. The van der Waals surface area contributed by atoms with E-state index in [4.69, 9.17) is 10.8 Å². The van der Waals surface area contributed by atoms with Gasteiger partial charge in [0, 0.05) is 6.07 Å². The monoisotopic (exact) mass is 167 g/mol. The lowest BCUT2D eigenvalue weighted by atomic mass is 10.1. The molecule has 1 aromatic rings. The van der Waals surface area contributed by atoms with E-state index in [1.54, 1.807) is 0 Å². The summed E-state index contributed by atoms with van der Waals surface area (Å²) in [7, 11) is 0. The van der Waals surface area contributed by atoms with E-state index in [0.717, 1.165) is 0 Å². The third-order valence-electron chi connectivity index (χ3n) is 1.50. The van der Waals surface area contributed by atoms with Crippen molar-refractivity contribution in [2.75, 3.05) is 5.73 Å². The first kappa shape index (κ1) is 8.39. The van der Waals surface area contributed by atoms with Crippen LogP contribution in [-0.4, -0.2) is 16.0 Å². The van der Waals surface area contributed by atoms with Crippen molar-refractivity contribution in [1.29, 1.82) is 0 Å². The van der Waals surface area contributed by atoms with Crippen molar-refractivity contribution >= 4 is 11.5 Å². The Morgan fingerprint density at radius 2 is 2.00 bits per heavy atom. The summed E-state index contributed by atoms with van der Waals surface area (Å²) in [5.74, 6) is -0.745. The molecule has 1 aromatic carbocycles. The Kier molecular flexibility index (Phi) is 1.91. The maximum atomic E-state index is 10.8. The molecule has 4 heteroatoms. The summed E-state index contributed by atoms with van der Waals surface area (Å²) in [5, 5.41) is 18.3. The highest BCUT2D eigenvalue weighted by atomic mass is 16.3.